The first kappa shape index (κ1) is 25.1. The van der Waals surface area contributed by atoms with Crippen molar-refractivity contribution in [1.82, 2.24) is 9.88 Å². The number of thiazole rings is 1. The summed E-state index contributed by atoms with van der Waals surface area (Å²) < 4.78 is 44.6. The average molecular weight is 519 g/mol. The molecule has 1 N–H and O–H groups in total. The van der Waals surface area contributed by atoms with Crippen LogP contribution < -0.4 is 10.2 Å². The number of alkyl halides is 3. The molecule has 0 fully saturated rings. The van der Waals surface area contributed by atoms with Gasteiger partial charge in [-0.2, -0.15) is 25.8 Å². The number of ether oxygens (including phenoxy) is 1. The van der Waals surface area contributed by atoms with Gasteiger partial charge in [0.2, 0.25) is 5.91 Å². The van der Waals surface area contributed by atoms with Crippen LogP contribution in [0.5, 0.6) is 0 Å². The fraction of sp³-hybridized carbons (Fsp3) is 0.286. The summed E-state index contributed by atoms with van der Waals surface area (Å²) in [6.45, 7) is 1.97. The second kappa shape index (κ2) is 9.78. The molecule has 1 aromatic carbocycles. The number of thiol groups is 1. The number of rotatable bonds is 5. The van der Waals surface area contributed by atoms with Gasteiger partial charge in [-0.3, -0.25) is 19.0 Å². The zero-order chi connectivity index (χ0) is 24.5. The highest BCUT2D eigenvalue weighted by Crippen LogP contribution is 2.45. The van der Waals surface area contributed by atoms with Gasteiger partial charge in [0.05, 0.1) is 45.3 Å². The van der Waals surface area contributed by atoms with Crippen LogP contribution in [-0.2, 0) is 20.5 Å². The highest BCUT2D eigenvalue weighted by atomic mass is 35.5. The van der Waals surface area contributed by atoms with Gasteiger partial charge in [0.15, 0.2) is 0 Å². The van der Waals surface area contributed by atoms with E-state index < -0.39 is 11.7 Å². The Hall–Kier alpha value is -2.50. The zero-order valence-electron chi connectivity index (χ0n) is 17.3. The maximum Gasteiger partial charge on any atom is 0.416 e. The maximum absolute atomic E-state index is 12.7. The van der Waals surface area contributed by atoms with E-state index in [9.17, 15) is 27.6 Å². The van der Waals surface area contributed by atoms with Crippen LogP contribution in [0.2, 0.25) is 5.02 Å². The Kier molecular flexibility index (Phi) is 7.45. The lowest BCUT2D eigenvalue weighted by Crippen LogP contribution is -2.31. The smallest absolute Gasteiger partial charge is 0.416 e. The van der Waals surface area contributed by atoms with E-state index in [0.29, 0.717) is 6.54 Å². The Bertz CT molecular complexity index is 1280. The number of aromatic nitrogens is 1. The fourth-order valence-electron chi connectivity index (χ4n) is 2.95. The van der Waals surface area contributed by atoms with Crippen LogP contribution in [0.1, 0.15) is 18.9 Å². The van der Waals surface area contributed by atoms with E-state index in [2.05, 4.69) is 22.7 Å². The Morgan fingerprint density at radius 3 is 2.55 bits per heavy atom. The molecule has 2 aliphatic carbocycles. The van der Waals surface area contributed by atoms with Crippen molar-refractivity contribution in [3.63, 3.8) is 0 Å². The third-order valence-electron chi connectivity index (χ3n) is 4.66. The molecule has 176 valence electrons. The first-order valence-electron chi connectivity index (χ1n) is 9.53. The number of fused-ring (bicyclic) bond motifs is 3. The second-order valence-electron chi connectivity index (χ2n) is 7.03. The van der Waals surface area contributed by atoms with Crippen molar-refractivity contribution in [3.8, 4) is 16.8 Å². The third kappa shape index (κ3) is 5.71. The topological polar surface area (TPSA) is 77.4 Å². The molecular weight excluding hydrogens is 501 g/mol. The van der Waals surface area contributed by atoms with Gasteiger partial charge in [0.1, 0.15) is 0 Å². The van der Waals surface area contributed by atoms with E-state index in [1.54, 1.807) is 6.92 Å². The van der Waals surface area contributed by atoms with E-state index in [4.69, 9.17) is 11.6 Å². The molecule has 1 atom stereocenters. The van der Waals surface area contributed by atoms with Crippen molar-refractivity contribution in [2.75, 3.05) is 13.7 Å². The molecule has 2 aromatic rings. The van der Waals surface area contributed by atoms with Crippen LogP contribution in [-0.4, -0.2) is 35.3 Å². The van der Waals surface area contributed by atoms with Crippen molar-refractivity contribution < 1.29 is 27.5 Å². The molecule has 0 aliphatic heterocycles. The van der Waals surface area contributed by atoms with Gasteiger partial charge in [-0.15, -0.1) is 0 Å². The van der Waals surface area contributed by atoms with Gasteiger partial charge in [0, 0.05) is 12.1 Å². The molecule has 6 nitrogen and oxygen atoms in total. The summed E-state index contributed by atoms with van der Waals surface area (Å²) in [5.74, 6) is -0.510. The van der Waals surface area contributed by atoms with Crippen LogP contribution in [0.4, 0.5) is 13.2 Å². The minimum atomic E-state index is -4.46. The molecule has 0 spiro atoms. The highest BCUT2D eigenvalue weighted by Gasteiger charge is 2.31. The lowest BCUT2D eigenvalue weighted by Gasteiger charge is -2.10. The summed E-state index contributed by atoms with van der Waals surface area (Å²) in [6.07, 6.45) is -4.26. The zero-order valence-corrected chi connectivity index (χ0v) is 19.8. The summed E-state index contributed by atoms with van der Waals surface area (Å²) in [4.78, 5) is 33.3. The molecular formula is C21H18ClF3N2O4S2. The molecule has 0 saturated heterocycles. The summed E-state index contributed by atoms with van der Waals surface area (Å²) in [6, 6.07) is 6.83. The fourth-order valence-corrected chi connectivity index (χ4v) is 4.26. The van der Waals surface area contributed by atoms with Crippen molar-refractivity contribution in [3.05, 3.63) is 50.6 Å². The molecule has 1 amide bonds. The predicted molar refractivity (Wildman–Crippen MR) is 125 cm³/mol. The molecule has 0 bridgehead atoms. The number of benzene rings is 2. The largest absolute Gasteiger partial charge is 0.469 e. The van der Waals surface area contributed by atoms with Gasteiger partial charge in [-0.05, 0) is 42.8 Å². The van der Waals surface area contributed by atoms with Gasteiger partial charge < -0.3 is 10.1 Å². The molecule has 1 aromatic heterocycles. The summed E-state index contributed by atoms with van der Waals surface area (Å²) in [7, 11) is 1.31. The number of carbonyl (C=O) groups is 2. The Morgan fingerprint density at radius 2 is 1.97 bits per heavy atom. The van der Waals surface area contributed by atoms with Crippen molar-refractivity contribution in [2.45, 2.75) is 24.8 Å². The molecule has 1 heterocycles. The molecule has 1 unspecified atom stereocenters. The van der Waals surface area contributed by atoms with Gasteiger partial charge in [-0.1, -0.05) is 22.9 Å². The minimum absolute atomic E-state index is 0.0952. The van der Waals surface area contributed by atoms with Crippen LogP contribution in [0, 0.1) is 0 Å². The number of methoxy groups -OCH3 is 1. The first-order chi connectivity index (χ1) is 15.4. The molecule has 2 aliphatic rings. The Balaban J connectivity index is 0.000000221. The molecule has 12 heteroatoms. The first-order valence-corrected chi connectivity index (χ1v) is 11.2. The predicted octanol–water partition coefficient (Wildman–Crippen LogP) is 4.69. The van der Waals surface area contributed by atoms with E-state index in [-0.39, 0.29) is 39.1 Å². The van der Waals surface area contributed by atoms with Gasteiger partial charge >= 0.3 is 17.0 Å². The van der Waals surface area contributed by atoms with Crippen LogP contribution in [0.3, 0.4) is 0 Å². The number of hydrogen-bond acceptors (Lipinski definition) is 6. The number of hydrogen-bond donors (Lipinski definition) is 2. The summed E-state index contributed by atoms with van der Waals surface area (Å²) >= 11 is 10.9. The van der Waals surface area contributed by atoms with Gasteiger partial charge in [-0.25, -0.2) is 0 Å². The summed E-state index contributed by atoms with van der Waals surface area (Å²) in [5.41, 5.74) is 2.18. The number of nitrogens with one attached hydrogen (secondary N) is 1. The van der Waals surface area contributed by atoms with E-state index in [1.807, 2.05) is 12.1 Å². The van der Waals surface area contributed by atoms with E-state index in [1.165, 1.54) is 17.7 Å². The minimum Gasteiger partial charge on any atom is -0.469 e. The normalized spacial score (nSPS) is 12.6. The number of carbonyl (C=O) groups excluding carboxylic acids is 2. The number of amides is 1. The Morgan fingerprint density at radius 1 is 1.27 bits per heavy atom. The maximum atomic E-state index is 12.7. The number of nitrogens with zero attached hydrogens (tertiary/aromatic N) is 1. The SMILES string of the molecule is COC(=O)CCNC(=O)C(C)S.O=c1sc2cc3cc-3c2n1-c1ccc(C(F)(F)F)cc1Cl. The van der Waals surface area contributed by atoms with Crippen molar-refractivity contribution in [2.24, 2.45) is 0 Å². The quantitative estimate of drug-likeness (QED) is 0.297. The monoisotopic (exact) mass is 518 g/mol. The van der Waals surface area contributed by atoms with Crippen LogP contribution >= 0.6 is 35.6 Å². The number of halogens is 4. The van der Waals surface area contributed by atoms with Gasteiger partial charge in [0.25, 0.3) is 0 Å². The molecule has 0 radical (unpaired) electrons. The second-order valence-corrected chi connectivity index (χ2v) is 9.21. The standard InChI is InChI=1S/C14H5ClF3NOS.C7H13NO3S/c15-9-5-7(14(16,17)18)1-2-10(9)19-12-8-3-6(8)4-11(12)21-13(19)20;1-5(12)7(10)8-4-3-6(9)11-2/h1-5H;5,12H,3-4H2,1-2H3,(H,8,10). The lowest BCUT2D eigenvalue weighted by atomic mass is 10.2. The Labute approximate surface area is 200 Å². The van der Waals surface area contributed by atoms with E-state index in [0.717, 1.165) is 44.8 Å². The average Bonchev–Trinajstić information content (AvgIpc) is 3.29. The summed E-state index contributed by atoms with van der Waals surface area (Å²) in [5, 5.41) is 2.09. The lowest BCUT2D eigenvalue weighted by molar-refractivity contribution is -0.140. The van der Waals surface area contributed by atoms with E-state index >= 15 is 0 Å². The van der Waals surface area contributed by atoms with Crippen LogP contribution in [0.15, 0.2) is 35.1 Å². The van der Waals surface area contributed by atoms with Crippen LogP contribution in [0.25, 0.3) is 27.0 Å². The highest BCUT2D eigenvalue weighted by molar-refractivity contribution is 7.81. The number of esters is 1. The molecule has 4 rings (SSSR count). The third-order valence-corrected chi connectivity index (χ3v) is 6.08. The van der Waals surface area contributed by atoms with Crippen molar-refractivity contribution >= 4 is 57.7 Å². The molecule has 33 heavy (non-hydrogen) atoms. The van der Waals surface area contributed by atoms with Crippen molar-refractivity contribution in [1.29, 1.82) is 0 Å². The molecule has 0 saturated carbocycles.